The maximum atomic E-state index is 12.0. The van der Waals surface area contributed by atoms with Crippen LogP contribution in [0.3, 0.4) is 0 Å². The maximum Gasteiger partial charge on any atom is 0.145 e. The first kappa shape index (κ1) is 29.6. The second kappa shape index (κ2) is 11.9. The van der Waals surface area contributed by atoms with Crippen molar-refractivity contribution in [1.82, 2.24) is 9.55 Å². The molecule has 1 aromatic heterocycles. The van der Waals surface area contributed by atoms with Crippen molar-refractivity contribution in [3.8, 4) is 29.3 Å². The summed E-state index contributed by atoms with van der Waals surface area (Å²) < 4.78 is 14.5. The van der Waals surface area contributed by atoms with Gasteiger partial charge in [-0.2, -0.15) is 10.5 Å². The molecule has 222 valence electrons. The molecular weight excluding hydrogens is 565 g/mol. The van der Waals surface area contributed by atoms with Crippen molar-refractivity contribution in [3.63, 3.8) is 0 Å². The second-order valence-electron chi connectivity index (χ2n) is 13.1. The molecule has 1 heterocycles. The van der Waals surface area contributed by atoms with Crippen LogP contribution in [0.1, 0.15) is 36.5 Å². The van der Waals surface area contributed by atoms with Gasteiger partial charge in [-0.25, -0.2) is 4.98 Å². The summed E-state index contributed by atoms with van der Waals surface area (Å²) >= 11 is 0. The van der Waals surface area contributed by atoms with Crippen molar-refractivity contribution in [3.05, 3.63) is 71.3 Å². The van der Waals surface area contributed by atoms with E-state index in [2.05, 4.69) is 50.0 Å². The summed E-state index contributed by atoms with van der Waals surface area (Å²) in [5.74, 6) is 2.06. The number of rotatable bonds is 11. The number of aromatic nitrogens is 2. The van der Waals surface area contributed by atoms with Crippen LogP contribution in [0, 0.1) is 28.6 Å². The van der Waals surface area contributed by atoms with E-state index in [1.54, 1.807) is 25.1 Å². The number of imidazole rings is 1. The number of ether oxygens (including phenoxy) is 2. The fourth-order valence-electron chi connectivity index (χ4n) is 5.70. The molecule has 0 aliphatic heterocycles. The molecule has 0 spiro atoms. The lowest BCUT2D eigenvalue weighted by Gasteiger charge is -2.17. The number of nitrogens with zero attached hydrogens (tertiary/aromatic N) is 4. The zero-order chi connectivity index (χ0) is 31.0. The van der Waals surface area contributed by atoms with Gasteiger partial charge in [-0.15, -0.1) is 0 Å². The Balaban J connectivity index is 1.64. The fraction of sp³-hybridized carbons (Fsp3) is 0.333. The van der Waals surface area contributed by atoms with Gasteiger partial charge >= 0.3 is 0 Å². The number of ketones is 1. The third-order valence-corrected chi connectivity index (χ3v) is 9.93. The highest BCUT2D eigenvalue weighted by atomic mass is 28.3. The van der Waals surface area contributed by atoms with E-state index in [1.807, 2.05) is 22.8 Å². The fourth-order valence-corrected chi connectivity index (χ4v) is 6.46. The summed E-state index contributed by atoms with van der Waals surface area (Å²) in [6, 6.07) is 23.0. The van der Waals surface area contributed by atoms with E-state index in [0.717, 1.165) is 49.9 Å². The number of Topliss-reactive ketones (excluding diaryl/α,β-unsaturated/α-hetero) is 1. The Morgan fingerprint density at radius 3 is 2.34 bits per heavy atom. The van der Waals surface area contributed by atoms with Gasteiger partial charge in [0, 0.05) is 31.9 Å². The van der Waals surface area contributed by atoms with E-state index in [-0.39, 0.29) is 12.5 Å². The lowest BCUT2D eigenvalue weighted by molar-refractivity contribution is -0.116. The number of carbonyl (C=O) groups excluding carboxylic acids is 1. The van der Waals surface area contributed by atoms with Gasteiger partial charge in [-0.1, -0.05) is 43.9 Å². The Bertz CT molecular complexity index is 1970. The standard InChI is InChI=1S/C36H36N4O3Si/c1-23(41)16-25-10-12-29-31(17-25)32-18-28(43-21-24-8-9-24)11-13-30(32)35-34(29)39-36(40(35)22-42-14-15-44(2,3)4)33-26(19-37)6-5-7-27(33)20-38/h5-7,10-13,17-18,24H,8-9,14-16,21-22H2,1-4H3. The molecule has 0 atom stereocenters. The third-order valence-electron chi connectivity index (χ3n) is 8.22. The Labute approximate surface area is 258 Å². The smallest absolute Gasteiger partial charge is 0.145 e. The Morgan fingerprint density at radius 2 is 1.68 bits per heavy atom. The van der Waals surface area contributed by atoms with Crippen molar-refractivity contribution in [2.45, 2.75) is 58.6 Å². The summed E-state index contributed by atoms with van der Waals surface area (Å²) in [6.07, 6.45) is 2.76. The second-order valence-corrected chi connectivity index (χ2v) is 18.7. The van der Waals surface area contributed by atoms with E-state index in [0.29, 0.717) is 48.1 Å². The summed E-state index contributed by atoms with van der Waals surface area (Å²) in [5, 5.41) is 24.0. The van der Waals surface area contributed by atoms with Crippen LogP contribution in [0.25, 0.3) is 44.0 Å². The van der Waals surface area contributed by atoms with Crippen molar-refractivity contribution in [2.24, 2.45) is 5.92 Å². The van der Waals surface area contributed by atoms with Gasteiger partial charge in [0.2, 0.25) is 0 Å². The van der Waals surface area contributed by atoms with Gasteiger partial charge < -0.3 is 9.47 Å². The Kier molecular flexibility index (Phi) is 7.98. The molecular formula is C36H36N4O3Si. The van der Waals surface area contributed by atoms with E-state index in [4.69, 9.17) is 14.5 Å². The molecule has 1 aliphatic carbocycles. The van der Waals surface area contributed by atoms with Gasteiger partial charge in [-0.05, 0) is 78.4 Å². The molecule has 1 saturated carbocycles. The molecule has 0 N–H and O–H groups in total. The average Bonchev–Trinajstić information content (AvgIpc) is 3.76. The molecule has 0 saturated heterocycles. The van der Waals surface area contributed by atoms with E-state index < -0.39 is 8.07 Å². The van der Waals surface area contributed by atoms with Crippen LogP contribution in [-0.2, 0) is 22.7 Å². The predicted molar refractivity (Wildman–Crippen MR) is 176 cm³/mol. The molecule has 7 nitrogen and oxygen atoms in total. The maximum absolute atomic E-state index is 12.0. The quantitative estimate of drug-likeness (QED) is 0.0865. The minimum Gasteiger partial charge on any atom is -0.493 e. The van der Waals surface area contributed by atoms with Crippen molar-refractivity contribution < 1.29 is 14.3 Å². The molecule has 0 bridgehead atoms. The largest absolute Gasteiger partial charge is 0.493 e. The van der Waals surface area contributed by atoms with Gasteiger partial charge in [0.15, 0.2) is 0 Å². The van der Waals surface area contributed by atoms with E-state index in [9.17, 15) is 15.3 Å². The predicted octanol–water partition coefficient (Wildman–Crippen LogP) is 7.99. The summed E-state index contributed by atoms with van der Waals surface area (Å²) in [5.41, 5.74) is 3.84. The highest BCUT2D eigenvalue weighted by Crippen LogP contribution is 2.41. The van der Waals surface area contributed by atoms with E-state index in [1.165, 1.54) is 12.8 Å². The number of fused-ring (bicyclic) bond motifs is 6. The highest BCUT2D eigenvalue weighted by molar-refractivity contribution is 6.76. The first-order valence-electron chi connectivity index (χ1n) is 15.2. The van der Waals surface area contributed by atoms with Crippen molar-refractivity contribution in [2.75, 3.05) is 13.2 Å². The Hall–Kier alpha value is -4.50. The van der Waals surface area contributed by atoms with Crippen LogP contribution >= 0.6 is 0 Å². The van der Waals surface area contributed by atoms with Crippen molar-refractivity contribution in [1.29, 1.82) is 10.5 Å². The van der Waals surface area contributed by atoms with Crippen molar-refractivity contribution >= 4 is 46.4 Å². The summed E-state index contributed by atoms with van der Waals surface area (Å²) in [6.45, 7) is 10.1. The zero-order valence-electron chi connectivity index (χ0n) is 25.7. The lowest BCUT2D eigenvalue weighted by Crippen LogP contribution is -2.22. The molecule has 44 heavy (non-hydrogen) atoms. The molecule has 0 unspecified atom stereocenters. The van der Waals surface area contributed by atoms with Crippen LogP contribution in [0.5, 0.6) is 5.75 Å². The molecule has 6 rings (SSSR count). The van der Waals surface area contributed by atoms with Gasteiger partial charge in [-0.3, -0.25) is 9.36 Å². The van der Waals surface area contributed by atoms with Crippen LogP contribution in [0.4, 0.5) is 0 Å². The molecule has 0 radical (unpaired) electrons. The first-order valence-corrected chi connectivity index (χ1v) is 18.9. The lowest BCUT2D eigenvalue weighted by atomic mass is 9.96. The zero-order valence-corrected chi connectivity index (χ0v) is 26.7. The normalized spacial score (nSPS) is 13.3. The Morgan fingerprint density at radius 1 is 0.977 bits per heavy atom. The number of benzene rings is 4. The monoisotopic (exact) mass is 600 g/mol. The number of carbonyl (C=O) groups is 1. The molecule has 1 fully saturated rings. The molecule has 5 aromatic rings. The van der Waals surface area contributed by atoms with Crippen LogP contribution < -0.4 is 4.74 Å². The summed E-state index contributed by atoms with van der Waals surface area (Å²) in [4.78, 5) is 17.2. The average molecular weight is 601 g/mol. The van der Waals surface area contributed by atoms with Crippen LogP contribution in [-0.4, -0.2) is 36.6 Å². The summed E-state index contributed by atoms with van der Waals surface area (Å²) in [7, 11) is -1.33. The minimum absolute atomic E-state index is 0.0994. The highest BCUT2D eigenvalue weighted by Gasteiger charge is 2.25. The van der Waals surface area contributed by atoms with Crippen LogP contribution in [0.2, 0.25) is 25.7 Å². The molecule has 4 aromatic carbocycles. The van der Waals surface area contributed by atoms with Gasteiger partial charge in [0.05, 0.1) is 46.5 Å². The number of hydrogen-bond acceptors (Lipinski definition) is 6. The SMILES string of the molecule is CC(=O)Cc1ccc2c(c1)c1cc(OCC3CC3)ccc1c1c2nc(-c2c(C#N)cccc2C#N)n1COCC[Si](C)(C)C. The minimum atomic E-state index is -1.33. The first-order chi connectivity index (χ1) is 21.2. The van der Waals surface area contributed by atoms with E-state index >= 15 is 0 Å². The third kappa shape index (κ3) is 5.97. The molecule has 1 aliphatic rings. The molecule has 8 heteroatoms. The number of hydrogen-bond donors (Lipinski definition) is 0. The van der Waals surface area contributed by atoms with Gasteiger partial charge in [0.1, 0.15) is 24.1 Å². The van der Waals surface area contributed by atoms with Crippen LogP contribution in [0.15, 0.2) is 54.6 Å². The van der Waals surface area contributed by atoms with Gasteiger partial charge in [0.25, 0.3) is 0 Å². The molecule has 0 amide bonds. The topological polar surface area (TPSA) is 101 Å². The number of nitriles is 2.